The zero-order valence-corrected chi connectivity index (χ0v) is 14.2. The highest BCUT2D eigenvalue weighted by Gasteiger charge is 2.28. The first-order valence-corrected chi connectivity index (χ1v) is 7.98. The summed E-state index contributed by atoms with van der Waals surface area (Å²) in [4.78, 5) is 24.3. The van der Waals surface area contributed by atoms with Gasteiger partial charge in [0.15, 0.2) is 0 Å². The Morgan fingerprint density at radius 1 is 1.08 bits per heavy atom. The second kappa shape index (κ2) is 8.65. The number of amides is 1. The number of methoxy groups -OCH3 is 1. The van der Waals surface area contributed by atoms with Crippen LogP contribution in [0.15, 0.2) is 54.6 Å². The molecule has 1 amide bonds. The molecule has 0 heterocycles. The predicted molar refractivity (Wildman–Crippen MR) is 94.5 cm³/mol. The molecule has 0 aromatic heterocycles. The first kappa shape index (κ1) is 18.2. The molecule has 0 aliphatic heterocycles. The van der Waals surface area contributed by atoms with E-state index in [0.717, 1.165) is 11.1 Å². The van der Waals surface area contributed by atoms with Crippen LogP contribution in [0.2, 0.25) is 0 Å². The van der Waals surface area contributed by atoms with Crippen LogP contribution in [0, 0.1) is 17.2 Å². The van der Waals surface area contributed by atoms with Crippen LogP contribution < -0.4 is 5.32 Å². The van der Waals surface area contributed by atoms with Crippen LogP contribution in [0.4, 0.5) is 0 Å². The molecule has 0 aliphatic carbocycles. The molecule has 0 saturated carbocycles. The maximum absolute atomic E-state index is 12.4. The number of carbonyl (C=O) groups is 2. The summed E-state index contributed by atoms with van der Waals surface area (Å²) in [5.41, 5.74) is 2.50. The van der Waals surface area contributed by atoms with Crippen molar-refractivity contribution in [1.82, 2.24) is 5.32 Å². The van der Waals surface area contributed by atoms with E-state index in [0.29, 0.717) is 5.56 Å². The van der Waals surface area contributed by atoms with Crippen molar-refractivity contribution in [3.8, 4) is 17.2 Å². The van der Waals surface area contributed by atoms with E-state index in [1.165, 1.54) is 7.11 Å². The Morgan fingerprint density at radius 3 is 2.24 bits per heavy atom. The van der Waals surface area contributed by atoms with E-state index in [1.54, 1.807) is 19.1 Å². The number of esters is 1. The van der Waals surface area contributed by atoms with Gasteiger partial charge in [0.05, 0.1) is 13.2 Å². The van der Waals surface area contributed by atoms with Crippen molar-refractivity contribution in [1.29, 1.82) is 5.26 Å². The molecule has 0 saturated heterocycles. The maximum Gasteiger partial charge on any atom is 0.328 e. The summed E-state index contributed by atoms with van der Waals surface area (Å²) in [7, 11) is 1.26. The van der Waals surface area contributed by atoms with Gasteiger partial charge in [-0.05, 0) is 23.3 Å². The standard InChI is InChI=1S/C20H20N2O3/c1-14(12-13-21)18(20(24)25-2)22-19(23)17-10-8-16(9-11-17)15-6-4-3-5-7-15/h3-11,14,18H,12H2,1-2H3,(H,22,23)/t14-,18-/m1/s1. The number of nitriles is 1. The minimum absolute atomic E-state index is 0.146. The fourth-order valence-corrected chi connectivity index (χ4v) is 2.49. The van der Waals surface area contributed by atoms with Crippen LogP contribution in [0.5, 0.6) is 0 Å². The molecule has 2 atom stereocenters. The van der Waals surface area contributed by atoms with E-state index >= 15 is 0 Å². The zero-order valence-electron chi connectivity index (χ0n) is 14.2. The minimum atomic E-state index is -0.856. The lowest BCUT2D eigenvalue weighted by molar-refractivity contribution is -0.144. The fourth-order valence-electron chi connectivity index (χ4n) is 2.49. The Bertz CT molecular complexity index is 764. The Balaban J connectivity index is 2.13. The lowest BCUT2D eigenvalue weighted by Crippen LogP contribution is -2.45. The molecule has 0 radical (unpaired) electrons. The number of ether oxygens (including phenoxy) is 1. The first-order chi connectivity index (χ1) is 12.1. The number of nitrogens with one attached hydrogen (secondary N) is 1. The van der Waals surface area contributed by atoms with Gasteiger partial charge in [-0.15, -0.1) is 0 Å². The van der Waals surface area contributed by atoms with Gasteiger partial charge in [0.2, 0.25) is 0 Å². The summed E-state index contributed by atoms with van der Waals surface area (Å²) in [5.74, 6) is -1.28. The molecule has 2 rings (SSSR count). The van der Waals surface area contributed by atoms with Gasteiger partial charge >= 0.3 is 5.97 Å². The average Bonchev–Trinajstić information content (AvgIpc) is 2.66. The van der Waals surface area contributed by atoms with Crippen molar-refractivity contribution in [3.63, 3.8) is 0 Å². The number of carbonyl (C=O) groups excluding carboxylic acids is 2. The third kappa shape index (κ3) is 4.67. The van der Waals surface area contributed by atoms with Crippen molar-refractivity contribution in [2.24, 2.45) is 5.92 Å². The number of hydrogen-bond acceptors (Lipinski definition) is 4. The first-order valence-electron chi connectivity index (χ1n) is 7.98. The van der Waals surface area contributed by atoms with Crippen LogP contribution in [-0.4, -0.2) is 25.0 Å². The minimum Gasteiger partial charge on any atom is -0.467 e. The second-order valence-corrected chi connectivity index (χ2v) is 5.76. The van der Waals surface area contributed by atoms with E-state index in [-0.39, 0.29) is 18.2 Å². The molecule has 1 N–H and O–H groups in total. The summed E-state index contributed by atoms with van der Waals surface area (Å²) in [6.45, 7) is 1.73. The number of nitrogens with zero attached hydrogens (tertiary/aromatic N) is 1. The van der Waals surface area contributed by atoms with Crippen molar-refractivity contribution in [3.05, 3.63) is 60.2 Å². The molecule has 2 aromatic carbocycles. The molecule has 5 heteroatoms. The summed E-state index contributed by atoms with van der Waals surface area (Å²) in [6, 6.07) is 18.1. The van der Waals surface area contributed by atoms with Crippen LogP contribution in [-0.2, 0) is 9.53 Å². The van der Waals surface area contributed by atoms with Crippen LogP contribution in [0.25, 0.3) is 11.1 Å². The van der Waals surface area contributed by atoms with E-state index in [9.17, 15) is 9.59 Å². The second-order valence-electron chi connectivity index (χ2n) is 5.76. The zero-order chi connectivity index (χ0) is 18.2. The number of hydrogen-bond donors (Lipinski definition) is 1. The number of benzene rings is 2. The quantitative estimate of drug-likeness (QED) is 0.822. The molecule has 0 bridgehead atoms. The average molecular weight is 336 g/mol. The molecule has 0 spiro atoms. The molecule has 0 unspecified atom stereocenters. The SMILES string of the molecule is COC(=O)[C@H](NC(=O)c1ccc(-c2ccccc2)cc1)[C@H](C)CC#N. The third-order valence-corrected chi connectivity index (χ3v) is 3.98. The molecule has 0 fully saturated rings. The van der Waals surface area contributed by atoms with Gasteiger partial charge in [0.25, 0.3) is 5.91 Å². The number of rotatable bonds is 6. The van der Waals surface area contributed by atoms with Gasteiger partial charge in [-0.3, -0.25) is 4.79 Å². The molecule has 5 nitrogen and oxygen atoms in total. The molecular formula is C20H20N2O3. The monoisotopic (exact) mass is 336 g/mol. The van der Waals surface area contributed by atoms with Gasteiger partial charge in [-0.1, -0.05) is 49.4 Å². The molecule has 2 aromatic rings. The van der Waals surface area contributed by atoms with Crippen LogP contribution in [0.1, 0.15) is 23.7 Å². The predicted octanol–water partition coefficient (Wildman–Crippen LogP) is 3.17. The lowest BCUT2D eigenvalue weighted by Gasteiger charge is -2.21. The molecule has 0 aliphatic rings. The Labute approximate surface area is 147 Å². The van der Waals surface area contributed by atoms with E-state index < -0.39 is 12.0 Å². The largest absolute Gasteiger partial charge is 0.467 e. The fraction of sp³-hybridized carbons (Fsp3) is 0.250. The molecular weight excluding hydrogens is 316 g/mol. The van der Waals surface area contributed by atoms with Gasteiger partial charge in [-0.2, -0.15) is 5.26 Å². The summed E-state index contributed by atoms with van der Waals surface area (Å²) >= 11 is 0. The van der Waals surface area contributed by atoms with Crippen molar-refractivity contribution in [2.45, 2.75) is 19.4 Å². The smallest absolute Gasteiger partial charge is 0.328 e. The Kier molecular flexibility index (Phi) is 6.30. The van der Waals surface area contributed by atoms with Crippen molar-refractivity contribution in [2.75, 3.05) is 7.11 Å². The maximum atomic E-state index is 12.4. The highest BCUT2D eigenvalue weighted by atomic mass is 16.5. The topological polar surface area (TPSA) is 79.2 Å². The van der Waals surface area contributed by atoms with Gasteiger partial charge < -0.3 is 10.1 Å². The van der Waals surface area contributed by atoms with E-state index in [4.69, 9.17) is 10.00 Å². The van der Waals surface area contributed by atoms with Crippen LogP contribution >= 0.6 is 0 Å². The summed E-state index contributed by atoms with van der Waals surface area (Å²) in [6.07, 6.45) is 0.146. The summed E-state index contributed by atoms with van der Waals surface area (Å²) in [5, 5.41) is 11.5. The highest BCUT2D eigenvalue weighted by molar-refractivity contribution is 5.97. The van der Waals surface area contributed by atoms with E-state index in [2.05, 4.69) is 5.32 Å². The van der Waals surface area contributed by atoms with E-state index in [1.807, 2.05) is 48.5 Å². The van der Waals surface area contributed by atoms with Gasteiger partial charge in [0, 0.05) is 17.9 Å². The van der Waals surface area contributed by atoms with Crippen molar-refractivity contribution >= 4 is 11.9 Å². The lowest BCUT2D eigenvalue weighted by atomic mass is 9.98. The van der Waals surface area contributed by atoms with Crippen molar-refractivity contribution < 1.29 is 14.3 Å². The Hall–Kier alpha value is -3.13. The highest BCUT2D eigenvalue weighted by Crippen LogP contribution is 2.19. The molecule has 128 valence electrons. The van der Waals surface area contributed by atoms with Gasteiger partial charge in [-0.25, -0.2) is 4.79 Å². The normalized spacial score (nSPS) is 12.5. The van der Waals surface area contributed by atoms with Crippen LogP contribution in [0.3, 0.4) is 0 Å². The molecule has 25 heavy (non-hydrogen) atoms. The summed E-state index contributed by atoms with van der Waals surface area (Å²) < 4.78 is 4.73. The Morgan fingerprint density at radius 2 is 1.68 bits per heavy atom. The third-order valence-electron chi connectivity index (χ3n) is 3.98. The van der Waals surface area contributed by atoms with Gasteiger partial charge in [0.1, 0.15) is 6.04 Å².